The Labute approximate surface area is 139 Å². The molecule has 0 N–H and O–H groups in total. The van der Waals surface area contributed by atoms with Crippen LogP contribution in [0.5, 0.6) is 0 Å². The topological polar surface area (TPSA) is 94.9 Å². The number of ether oxygens (including phenoxy) is 5. The van der Waals surface area contributed by atoms with Crippen molar-refractivity contribution in [3.05, 3.63) is 10.4 Å². The highest BCUT2D eigenvalue weighted by atomic mass is 16.5. The van der Waals surface area contributed by atoms with Gasteiger partial charge in [-0.25, -0.2) is 0 Å². The summed E-state index contributed by atoms with van der Waals surface area (Å²) in [5.41, 5.74) is 8.37. The van der Waals surface area contributed by atoms with E-state index in [4.69, 9.17) is 29.2 Å². The molecule has 0 aromatic carbocycles. The zero-order valence-electron chi connectivity index (χ0n) is 14.6. The van der Waals surface area contributed by atoms with Gasteiger partial charge in [0.2, 0.25) is 0 Å². The fraction of sp³-hybridized carbons (Fsp3) is 1.00. The molecule has 136 valence electrons. The quantitative estimate of drug-likeness (QED) is 0.176. The summed E-state index contributed by atoms with van der Waals surface area (Å²) in [5, 5.41) is 3.56. The Morgan fingerprint density at radius 3 is 2.39 bits per heavy atom. The molecule has 0 saturated carbocycles. The maximum Gasteiger partial charge on any atom is 0.0704 e. The van der Waals surface area contributed by atoms with E-state index in [2.05, 4.69) is 10.0 Å². The monoisotopic (exact) mass is 333 g/mol. The second kappa shape index (κ2) is 17.5. The summed E-state index contributed by atoms with van der Waals surface area (Å²) < 4.78 is 27.0. The van der Waals surface area contributed by atoms with Crippen LogP contribution in [0, 0.1) is 0 Å². The molecule has 0 bridgehead atoms. The highest BCUT2D eigenvalue weighted by Gasteiger charge is 2.14. The van der Waals surface area contributed by atoms with Crippen molar-refractivity contribution < 1.29 is 23.7 Å². The van der Waals surface area contributed by atoms with Crippen LogP contribution in [0.15, 0.2) is 5.11 Å². The maximum absolute atomic E-state index is 8.37. The minimum atomic E-state index is -0.0199. The van der Waals surface area contributed by atoms with Gasteiger partial charge in [0.15, 0.2) is 0 Å². The van der Waals surface area contributed by atoms with Gasteiger partial charge in [0.25, 0.3) is 0 Å². The molecule has 0 radical (unpaired) electrons. The van der Waals surface area contributed by atoms with Crippen LogP contribution in [0.25, 0.3) is 10.4 Å². The number of hydrogen-bond acceptors (Lipinski definition) is 6. The third-order valence-corrected chi connectivity index (χ3v) is 3.06. The normalized spacial score (nSPS) is 13.5. The Kier molecular flexibility index (Phi) is 16.8. The molecule has 0 heterocycles. The average Bonchev–Trinajstić information content (AvgIpc) is 2.54. The lowest BCUT2D eigenvalue weighted by atomic mass is 10.1. The molecule has 0 aromatic heterocycles. The molecule has 8 nitrogen and oxygen atoms in total. The highest BCUT2D eigenvalue weighted by molar-refractivity contribution is 4.65. The summed E-state index contributed by atoms with van der Waals surface area (Å²) in [5.74, 6) is 0. The largest absolute Gasteiger partial charge is 0.382 e. The van der Waals surface area contributed by atoms with Crippen molar-refractivity contribution in [3.63, 3.8) is 0 Å². The first-order valence-corrected chi connectivity index (χ1v) is 8.13. The van der Waals surface area contributed by atoms with Crippen LogP contribution in [0.3, 0.4) is 0 Å². The first-order valence-electron chi connectivity index (χ1n) is 8.13. The first-order chi connectivity index (χ1) is 11.2. The van der Waals surface area contributed by atoms with Crippen molar-refractivity contribution in [1.29, 1.82) is 0 Å². The maximum atomic E-state index is 8.37. The van der Waals surface area contributed by atoms with E-state index in [1.54, 1.807) is 7.11 Å². The van der Waals surface area contributed by atoms with Crippen LogP contribution in [0.4, 0.5) is 0 Å². The molecule has 0 aliphatic carbocycles. The molecule has 0 aliphatic heterocycles. The van der Waals surface area contributed by atoms with Gasteiger partial charge < -0.3 is 23.7 Å². The van der Waals surface area contributed by atoms with Gasteiger partial charge in [-0.05, 0) is 32.2 Å². The summed E-state index contributed by atoms with van der Waals surface area (Å²) in [6.07, 6.45) is 1.44. The molecule has 0 saturated heterocycles. The van der Waals surface area contributed by atoms with E-state index in [1.807, 2.05) is 13.8 Å². The van der Waals surface area contributed by atoms with Crippen molar-refractivity contribution in [2.75, 3.05) is 59.9 Å². The van der Waals surface area contributed by atoms with E-state index < -0.39 is 0 Å². The zero-order valence-corrected chi connectivity index (χ0v) is 14.6. The van der Waals surface area contributed by atoms with Crippen molar-refractivity contribution in [2.24, 2.45) is 5.11 Å². The molecule has 0 aliphatic rings. The zero-order chi connectivity index (χ0) is 17.2. The lowest BCUT2D eigenvalue weighted by Crippen LogP contribution is -2.24. The number of methoxy groups -OCH3 is 1. The third-order valence-electron chi connectivity index (χ3n) is 3.06. The van der Waals surface area contributed by atoms with Gasteiger partial charge in [-0.2, -0.15) is 0 Å². The minimum absolute atomic E-state index is 0.0199. The Morgan fingerprint density at radius 1 is 1.00 bits per heavy atom. The molecule has 8 heteroatoms. The minimum Gasteiger partial charge on any atom is -0.382 e. The van der Waals surface area contributed by atoms with Crippen LogP contribution in [0.2, 0.25) is 0 Å². The molecule has 0 aromatic rings. The second-order valence-electron chi connectivity index (χ2n) is 4.96. The van der Waals surface area contributed by atoms with E-state index >= 15 is 0 Å². The summed E-state index contributed by atoms with van der Waals surface area (Å²) in [6, 6.07) is 0. The molecule has 2 atom stereocenters. The van der Waals surface area contributed by atoms with Crippen LogP contribution >= 0.6 is 0 Å². The molecule has 0 rings (SSSR count). The molecule has 0 spiro atoms. The fourth-order valence-electron chi connectivity index (χ4n) is 1.92. The van der Waals surface area contributed by atoms with Crippen LogP contribution in [-0.2, 0) is 23.7 Å². The van der Waals surface area contributed by atoms with Gasteiger partial charge in [-0.1, -0.05) is 5.11 Å². The lowest BCUT2D eigenvalue weighted by Gasteiger charge is -2.21. The predicted molar refractivity (Wildman–Crippen MR) is 87.6 cm³/mol. The Bertz CT molecular complexity index is 301. The summed E-state index contributed by atoms with van der Waals surface area (Å²) in [7, 11) is 1.64. The Morgan fingerprint density at radius 2 is 1.70 bits per heavy atom. The Hall–Kier alpha value is -0.890. The van der Waals surface area contributed by atoms with E-state index in [0.717, 1.165) is 6.42 Å². The van der Waals surface area contributed by atoms with E-state index in [9.17, 15) is 0 Å². The lowest BCUT2D eigenvalue weighted by molar-refractivity contribution is -0.0434. The van der Waals surface area contributed by atoms with E-state index in [1.165, 1.54) is 0 Å². The van der Waals surface area contributed by atoms with E-state index in [-0.39, 0.29) is 12.2 Å². The smallest absolute Gasteiger partial charge is 0.0704 e. The van der Waals surface area contributed by atoms with Gasteiger partial charge in [-0.15, -0.1) is 0 Å². The van der Waals surface area contributed by atoms with Crippen LogP contribution in [0.1, 0.15) is 26.7 Å². The van der Waals surface area contributed by atoms with Gasteiger partial charge in [0.05, 0.1) is 51.8 Å². The number of azide groups is 1. The first kappa shape index (κ1) is 22.1. The van der Waals surface area contributed by atoms with Crippen molar-refractivity contribution in [1.82, 2.24) is 0 Å². The van der Waals surface area contributed by atoms with E-state index in [0.29, 0.717) is 59.2 Å². The highest BCUT2D eigenvalue weighted by Crippen LogP contribution is 2.10. The fourth-order valence-corrected chi connectivity index (χ4v) is 1.92. The Balaban J connectivity index is 3.91. The molecule has 0 fully saturated rings. The van der Waals surface area contributed by atoms with Crippen molar-refractivity contribution in [2.45, 2.75) is 38.9 Å². The molecular weight excluding hydrogens is 302 g/mol. The summed E-state index contributed by atoms with van der Waals surface area (Å²) in [4.78, 5) is 2.77. The van der Waals surface area contributed by atoms with Crippen LogP contribution in [-0.4, -0.2) is 72.1 Å². The molecule has 0 amide bonds. The SMILES string of the molecule is CCOCCOCCOC(CCN=[N+]=[N-])CC(C)OCCOC. The standard InChI is InChI=1S/C15H31N3O5/c1-4-20-8-9-21-10-12-23-15(5-6-17-18-16)13-14(2)22-11-7-19-3/h14-15H,4-13H2,1-3H3. The molecule has 2 unspecified atom stereocenters. The number of nitrogens with zero attached hydrogens (tertiary/aromatic N) is 3. The van der Waals surface area contributed by atoms with Crippen LogP contribution < -0.4 is 0 Å². The second-order valence-corrected chi connectivity index (χ2v) is 4.96. The van der Waals surface area contributed by atoms with Gasteiger partial charge in [0, 0.05) is 25.2 Å². The predicted octanol–water partition coefficient (Wildman–Crippen LogP) is 2.57. The summed E-state index contributed by atoms with van der Waals surface area (Å²) in [6.45, 7) is 8.37. The third kappa shape index (κ3) is 15.8. The van der Waals surface area contributed by atoms with Crippen molar-refractivity contribution >= 4 is 0 Å². The average molecular weight is 333 g/mol. The number of hydrogen-bond donors (Lipinski definition) is 0. The molecule has 23 heavy (non-hydrogen) atoms. The van der Waals surface area contributed by atoms with Crippen molar-refractivity contribution in [3.8, 4) is 0 Å². The van der Waals surface area contributed by atoms with Gasteiger partial charge in [0.1, 0.15) is 0 Å². The molecular formula is C15H31N3O5. The summed E-state index contributed by atoms with van der Waals surface area (Å²) >= 11 is 0. The van der Waals surface area contributed by atoms with Gasteiger partial charge in [-0.3, -0.25) is 0 Å². The van der Waals surface area contributed by atoms with Gasteiger partial charge >= 0.3 is 0 Å². The number of rotatable bonds is 17.